The van der Waals surface area contributed by atoms with Crippen LogP contribution < -0.4 is 0 Å². The van der Waals surface area contributed by atoms with Crippen LogP contribution in [0, 0.1) is 11.6 Å². The van der Waals surface area contributed by atoms with Crippen LogP contribution >= 0.6 is 11.6 Å². The fraction of sp³-hybridized carbons (Fsp3) is 0.500. The van der Waals surface area contributed by atoms with Crippen LogP contribution in [0.15, 0.2) is 12.1 Å². The second-order valence-corrected chi connectivity index (χ2v) is 5.37. The minimum Gasteiger partial charge on any atom is -0.377 e. The normalized spacial score (nSPS) is 14.7. The molecular formula is C14H17ClF2N2O. The van der Waals surface area contributed by atoms with Crippen LogP contribution in [0.2, 0.25) is 0 Å². The molecule has 0 aliphatic carbocycles. The average molecular weight is 303 g/mol. The van der Waals surface area contributed by atoms with Gasteiger partial charge >= 0.3 is 0 Å². The molecule has 6 heteroatoms. The molecule has 2 aromatic rings. The summed E-state index contributed by atoms with van der Waals surface area (Å²) in [5.41, 5.74) is 0.536. The number of fused-ring (bicyclic) bond motifs is 1. The molecule has 0 aliphatic heterocycles. The van der Waals surface area contributed by atoms with E-state index >= 15 is 0 Å². The van der Waals surface area contributed by atoms with Crippen LogP contribution in [0.25, 0.3) is 11.0 Å². The molecule has 2 atom stereocenters. The quantitative estimate of drug-likeness (QED) is 0.779. The number of hydrogen-bond acceptors (Lipinski definition) is 2. The molecule has 0 aliphatic rings. The van der Waals surface area contributed by atoms with Crippen molar-refractivity contribution in [1.82, 2.24) is 9.55 Å². The van der Waals surface area contributed by atoms with E-state index < -0.39 is 17.0 Å². The Balaban J connectivity index is 2.56. The SMILES string of the molecule is CCOC(C)Cn1c(C(C)Cl)nc2c(F)cc(F)cc21. The Bertz CT molecular complexity index is 613. The number of hydrogen-bond donors (Lipinski definition) is 0. The minimum absolute atomic E-state index is 0.0992. The number of benzene rings is 1. The second kappa shape index (κ2) is 6.06. The standard InChI is InChI=1S/C14H17ClF2N2O/c1-4-20-8(2)7-19-12-6-10(16)5-11(17)13(12)18-14(19)9(3)15/h5-6,8-9H,4,7H2,1-3H3. The maximum absolute atomic E-state index is 13.8. The summed E-state index contributed by atoms with van der Waals surface area (Å²) in [5, 5.41) is -0.404. The third-order valence-electron chi connectivity index (χ3n) is 3.05. The third kappa shape index (κ3) is 2.94. The average Bonchev–Trinajstić information content (AvgIpc) is 2.69. The Hall–Kier alpha value is -1.20. The van der Waals surface area contributed by atoms with Crippen molar-refractivity contribution in [3.05, 3.63) is 29.6 Å². The van der Waals surface area contributed by atoms with Gasteiger partial charge < -0.3 is 9.30 Å². The molecule has 0 radical (unpaired) electrons. The van der Waals surface area contributed by atoms with E-state index in [1.54, 1.807) is 11.5 Å². The van der Waals surface area contributed by atoms with E-state index in [4.69, 9.17) is 16.3 Å². The summed E-state index contributed by atoms with van der Waals surface area (Å²) < 4.78 is 34.4. The molecule has 110 valence electrons. The van der Waals surface area contributed by atoms with Crippen molar-refractivity contribution in [2.45, 2.75) is 38.8 Å². The molecule has 0 amide bonds. The summed E-state index contributed by atoms with van der Waals surface area (Å²) in [7, 11) is 0. The van der Waals surface area contributed by atoms with Gasteiger partial charge in [-0.1, -0.05) is 0 Å². The zero-order valence-corrected chi connectivity index (χ0v) is 12.4. The van der Waals surface area contributed by atoms with Gasteiger partial charge in [-0.3, -0.25) is 0 Å². The maximum atomic E-state index is 13.8. The molecule has 1 aromatic heterocycles. The number of alkyl halides is 1. The number of rotatable bonds is 5. The van der Waals surface area contributed by atoms with Gasteiger partial charge in [0.05, 0.1) is 23.5 Å². The smallest absolute Gasteiger partial charge is 0.153 e. The Morgan fingerprint density at radius 1 is 1.35 bits per heavy atom. The van der Waals surface area contributed by atoms with Gasteiger partial charge in [0.2, 0.25) is 0 Å². The molecule has 3 nitrogen and oxygen atoms in total. The van der Waals surface area contributed by atoms with Crippen molar-refractivity contribution < 1.29 is 13.5 Å². The van der Waals surface area contributed by atoms with E-state index in [0.29, 0.717) is 24.5 Å². The molecular weight excluding hydrogens is 286 g/mol. The lowest BCUT2D eigenvalue weighted by Gasteiger charge is -2.16. The van der Waals surface area contributed by atoms with Crippen LogP contribution in [-0.2, 0) is 11.3 Å². The van der Waals surface area contributed by atoms with Crippen LogP contribution in [0.5, 0.6) is 0 Å². The zero-order chi connectivity index (χ0) is 14.9. The summed E-state index contributed by atoms with van der Waals surface area (Å²) in [6, 6.07) is 2.10. The van der Waals surface area contributed by atoms with E-state index in [2.05, 4.69) is 4.98 Å². The van der Waals surface area contributed by atoms with Crippen LogP contribution in [0.4, 0.5) is 8.78 Å². The first-order valence-electron chi connectivity index (χ1n) is 6.54. The largest absolute Gasteiger partial charge is 0.377 e. The van der Waals surface area contributed by atoms with Gasteiger partial charge in [-0.2, -0.15) is 0 Å². The van der Waals surface area contributed by atoms with Crippen molar-refractivity contribution in [2.24, 2.45) is 0 Å². The first kappa shape index (κ1) is 15.2. The monoisotopic (exact) mass is 302 g/mol. The van der Waals surface area contributed by atoms with Crippen molar-refractivity contribution >= 4 is 22.6 Å². The lowest BCUT2D eigenvalue weighted by Crippen LogP contribution is -2.18. The number of ether oxygens (including phenoxy) is 1. The van der Waals surface area contributed by atoms with Crippen molar-refractivity contribution in [3.63, 3.8) is 0 Å². The summed E-state index contributed by atoms with van der Waals surface area (Å²) in [5.74, 6) is -0.798. The van der Waals surface area contributed by atoms with Crippen molar-refractivity contribution in [3.8, 4) is 0 Å². The van der Waals surface area contributed by atoms with Gasteiger partial charge in [-0.05, 0) is 26.8 Å². The molecule has 0 bridgehead atoms. The lowest BCUT2D eigenvalue weighted by atomic mass is 10.3. The van der Waals surface area contributed by atoms with Gasteiger partial charge in [-0.25, -0.2) is 13.8 Å². The fourth-order valence-electron chi connectivity index (χ4n) is 2.26. The summed E-state index contributed by atoms with van der Waals surface area (Å²) >= 11 is 6.09. The highest BCUT2D eigenvalue weighted by molar-refractivity contribution is 6.20. The second-order valence-electron chi connectivity index (χ2n) is 4.72. The van der Waals surface area contributed by atoms with E-state index in [9.17, 15) is 8.78 Å². The van der Waals surface area contributed by atoms with Gasteiger partial charge in [0.25, 0.3) is 0 Å². The number of imidazole rings is 1. The van der Waals surface area contributed by atoms with Gasteiger partial charge in [-0.15, -0.1) is 11.6 Å². The zero-order valence-electron chi connectivity index (χ0n) is 11.7. The first-order chi connectivity index (χ1) is 9.43. The van der Waals surface area contributed by atoms with E-state index in [1.807, 2.05) is 13.8 Å². The van der Waals surface area contributed by atoms with Gasteiger partial charge in [0.1, 0.15) is 17.2 Å². The van der Waals surface area contributed by atoms with Crippen molar-refractivity contribution in [1.29, 1.82) is 0 Å². The third-order valence-corrected chi connectivity index (χ3v) is 3.24. The Morgan fingerprint density at radius 3 is 2.65 bits per heavy atom. The Kier molecular flexibility index (Phi) is 4.60. The molecule has 0 fully saturated rings. The molecule has 0 saturated carbocycles. The molecule has 1 aromatic carbocycles. The molecule has 1 heterocycles. The summed E-state index contributed by atoms with van der Waals surface area (Å²) in [6.45, 7) is 6.56. The predicted octanol–water partition coefficient (Wildman–Crippen LogP) is 4.04. The number of aromatic nitrogens is 2. The Labute approximate surface area is 121 Å². The lowest BCUT2D eigenvalue weighted by molar-refractivity contribution is 0.0642. The number of nitrogens with zero attached hydrogens (tertiary/aromatic N) is 2. The molecule has 0 N–H and O–H groups in total. The van der Waals surface area contributed by atoms with Crippen LogP contribution in [0.3, 0.4) is 0 Å². The Morgan fingerprint density at radius 2 is 2.05 bits per heavy atom. The van der Waals surface area contributed by atoms with Gasteiger partial charge in [0, 0.05) is 12.7 Å². The van der Waals surface area contributed by atoms with Crippen LogP contribution in [0.1, 0.15) is 32.0 Å². The molecule has 0 saturated heterocycles. The summed E-state index contributed by atoms with van der Waals surface area (Å²) in [4.78, 5) is 4.20. The topological polar surface area (TPSA) is 27.1 Å². The molecule has 0 spiro atoms. The summed E-state index contributed by atoms with van der Waals surface area (Å²) in [6.07, 6.45) is -0.0992. The molecule has 2 rings (SSSR count). The highest BCUT2D eigenvalue weighted by Crippen LogP contribution is 2.27. The first-order valence-corrected chi connectivity index (χ1v) is 6.98. The van der Waals surface area contributed by atoms with E-state index in [-0.39, 0.29) is 11.6 Å². The number of halogens is 3. The highest BCUT2D eigenvalue weighted by Gasteiger charge is 2.19. The molecule has 20 heavy (non-hydrogen) atoms. The predicted molar refractivity (Wildman–Crippen MR) is 75.0 cm³/mol. The van der Waals surface area contributed by atoms with Crippen molar-refractivity contribution in [2.75, 3.05) is 6.61 Å². The van der Waals surface area contributed by atoms with E-state index in [0.717, 1.165) is 6.07 Å². The molecule has 2 unspecified atom stereocenters. The van der Waals surface area contributed by atoms with Gasteiger partial charge in [0.15, 0.2) is 5.82 Å². The van der Waals surface area contributed by atoms with E-state index in [1.165, 1.54) is 6.07 Å². The highest BCUT2D eigenvalue weighted by atomic mass is 35.5. The fourth-order valence-corrected chi connectivity index (χ4v) is 2.42. The maximum Gasteiger partial charge on any atom is 0.153 e. The van der Waals surface area contributed by atoms with Crippen LogP contribution in [-0.4, -0.2) is 22.3 Å². The minimum atomic E-state index is -0.679.